The van der Waals surface area contributed by atoms with Crippen molar-refractivity contribution in [3.8, 4) is 0 Å². The van der Waals surface area contributed by atoms with Crippen molar-refractivity contribution < 1.29 is 18.7 Å². The van der Waals surface area contributed by atoms with Crippen LogP contribution in [0.2, 0.25) is 0 Å². The molecule has 0 spiro atoms. The Bertz CT molecular complexity index is 418. The number of ether oxygens (including phenoxy) is 2. The average molecular weight is 253 g/mol. The molecule has 0 aliphatic carbocycles. The van der Waals surface area contributed by atoms with Gasteiger partial charge in [0.15, 0.2) is 6.04 Å². The molecule has 1 aromatic rings. The monoisotopic (exact) mass is 253 g/mol. The van der Waals surface area contributed by atoms with Crippen molar-refractivity contribution in [2.45, 2.75) is 25.0 Å². The first-order valence-electron chi connectivity index (χ1n) is 5.92. The van der Waals surface area contributed by atoms with Crippen molar-refractivity contribution in [2.24, 2.45) is 0 Å². The highest BCUT2D eigenvalue weighted by Crippen LogP contribution is 2.20. The highest BCUT2D eigenvalue weighted by atomic mass is 19.1. The number of esters is 1. The number of hydrogen-bond acceptors (Lipinski definition) is 4. The average Bonchev–Trinajstić information content (AvgIpc) is 2.89. The summed E-state index contributed by atoms with van der Waals surface area (Å²) >= 11 is 0. The number of carbonyl (C=O) groups excluding carboxylic acids is 1. The Morgan fingerprint density at radius 3 is 3.06 bits per heavy atom. The van der Waals surface area contributed by atoms with E-state index in [2.05, 4.69) is 5.32 Å². The van der Waals surface area contributed by atoms with Crippen LogP contribution in [0.5, 0.6) is 0 Å². The maximum atomic E-state index is 13.1. The normalized spacial score (nSPS) is 20.4. The number of anilines is 1. The second-order valence-corrected chi connectivity index (χ2v) is 4.21. The van der Waals surface area contributed by atoms with E-state index in [4.69, 9.17) is 9.47 Å². The van der Waals surface area contributed by atoms with Gasteiger partial charge in [-0.15, -0.1) is 0 Å². The first-order valence-corrected chi connectivity index (χ1v) is 5.92. The van der Waals surface area contributed by atoms with Crippen LogP contribution in [-0.4, -0.2) is 31.8 Å². The van der Waals surface area contributed by atoms with Gasteiger partial charge in [-0.2, -0.15) is 0 Å². The number of carbonyl (C=O) groups is 1. The maximum Gasteiger partial charge on any atom is 0.331 e. The molecule has 1 heterocycles. The third-order valence-electron chi connectivity index (χ3n) is 2.94. The fourth-order valence-corrected chi connectivity index (χ4v) is 2.05. The molecule has 0 aromatic heterocycles. The predicted molar refractivity (Wildman–Crippen MR) is 64.8 cm³/mol. The molecule has 1 fully saturated rings. The fourth-order valence-electron chi connectivity index (χ4n) is 2.05. The molecule has 2 rings (SSSR count). The zero-order valence-corrected chi connectivity index (χ0v) is 10.2. The lowest BCUT2D eigenvalue weighted by atomic mass is 10.1. The van der Waals surface area contributed by atoms with Crippen molar-refractivity contribution in [1.82, 2.24) is 0 Å². The zero-order chi connectivity index (χ0) is 13.0. The molecule has 2 unspecified atom stereocenters. The molecule has 4 nitrogen and oxygen atoms in total. The number of benzene rings is 1. The molecular formula is C13H16FNO3. The molecule has 1 aromatic carbocycles. The largest absolute Gasteiger partial charge is 0.467 e. The van der Waals surface area contributed by atoms with Crippen LogP contribution in [0, 0.1) is 5.82 Å². The van der Waals surface area contributed by atoms with Crippen molar-refractivity contribution in [1.29, 1.82) is 0 Å². The summed E-state index contributed by atoms with van der Waals surface area (Å²) in [5, 5.41) is 2.97. The highest BCUT2D eigenvalue weighted by Gasteiger charge is 2.32. The molecule has 0 bridgehead atoms. The molecular weight excluding hydrogens is 237 g/mol. The van der Waals surface area contributed by atoms with E-state index in [-0.39, 0.29) is 11.9 Å². The van der Waals surface area contributed by atoms with E-state index in [9.17, 15) is 9.18 Å². The molecule has 0 radical (unpaired) electrons. The lowest BCUT2D eigenvalue weighted by Gasteiger charge is -2.22. The van der Waals surface area contributed by atoms with Crippen molar-refractivity contribution >= 4 is 11.7 Å². The van der Waals surface area contributed by atoms with Crippen LogP contribution in [0.4, 0.5) is 10.1 Å². The van der Waals surface area contributed by atoms with Gasteiger partial charge in [-0.1, -0.05) is 6.07 Å². The lowest BCUT2D eigenvalue weighted by Crippen LogP contribution is -2.41. The van der Waals surface area contributed by atoms with Crippen LogP contribution in [0.3, 0.4) is 0 Å². The molecule has 1 N–H and O–H groups in total. The number of rotatable bonds is 4. The van der Waals surface area contributed by atoms with Gasteiger partial charge < -0.3 is 14.8 Å². The van der Waals surface area contributed by atoms with E-state index >= 15 is 0 Å². The van der Waals surface area contributed by atoms with Crippen molar-refractivity contribution in [2.75, 3.05) is 19.0 Å². The number of methoxy groups -OCH3 is 1. The van der Waals surface area contributed by atoms with Crippen LogP contribution in [0.25, 0.3) is 0 Å². The number of nitrogens with one attached hydrogen (secondary N) is 1. The van der Waals surface area contributed by atoms with Crippen LogP contribution in [-0.2, 0) is 14.3 Å². The lowest BCUT2D eigenvalue weighted by molar-refractivity contribution is -0.144. The minimum Gasteiger partial charge on any atom is -0.467 e. The summed E-state index contributed by atoms with van der Waals surface area (Å²) in [6, 6.07) is 5.38. The minimum atomic E-state index is -0.598. The Hall–Kier alpha value is -1.62. The topological polar surface area (TPSA) is 47.6 Å². The molecule has 1 aliphatic rings. The van der Waals surface area contributed by atoms with Gasteiger partial charge in [0.05, 0.1) is 13.2 Å². The molecule has 0 saturated carbocycles. The van der Waals surface area contributed by atoms with Crippen LogP contribution in [0.15, 0.2) is 24.3 Å². The second-order valence-electron chi connectivity index (χ2n) is 4.21. The molecule has 98 valence electrons. The van der Waals surface area contributed by atoms with Crippen molar-refractivity contribution in [3.05, 3.63) is 30.1 Å². The second kappa shape index (κ2) is 5.82. The van der Waals surface area contributed by atoms with E-state index in [1.807, 2.05) is 0 Å². The summed E-state index contributed by atoms with van der Waals surface area (Å²) < 4.78 is 23.3. The van der Waals surface area contributed by atoms with Gasteiger partial charge in [0, 0.05) is 12.3 Å². The Morgan fingerprint density at radius 1 is 1.61 bits per heavy atom. The summed E-state index contributed by atoms with van der Waals surface area (Å²) in [6.07, 6.45) is 1.49. The van der Waals surface area contributed by atoms with Gasteiger partial charge >= 0.3 is 5.97 Å². The van der Waals surface area contributed by atoms with Gasteiger partial charge in [0.25, 0.3) is 0 Å². The quantitative estimate of drug-likeness (QED) is 0.833. The van der Waals surface area contributed by atoms with Crippen LogP contribution >= 0.6 is 0 Å². The molecule has 1 aliphatic heterocycles. The smallest absolute Gasteiger partial charge is 0.331 e. The van der Waals surface area contributed by atoms with Gasteiger partial charge in [0.2, 0.25) is 0 Å². The summed E-state index contributed by atoms with van der Waals surface area (Å²) in [6.45, 7) is 0.642. The third kappa shape index (κ3) is 2.98. The molecule has 5 heteroatoms. The SMILES string of the molecule is COC(=O)C(Nc1cccc(F)c1)C1CCCO1. The first-order chi connectivity index (χ1) is 8.70. The van der Waals surface area contributed by atoms with Gasteiger partial charge in [0.1, 0.15) is 5.82 Å². The summed E-state index contributed by atoms with van der Waals surface area (Å²) in [5.74, 6) is -0.748. The number of hydrogen-bond donors (Lipinski definition) is 1. The zero-order valence-electron chi connectivity index (χ0n) is 10.2. The summed E-state index contributed by atoms with van der Waals surface area (Å²) in [4.78, 5) is 11.7. The first kappa shape index (κ1) is 12.8. The van der Waals surface area contributed by atoms with Gasteiger partial charge in [-0.05, 0) is 31.0 Å². The molecule has 18 heavy (non-hydrogen) atoms. The summed E-state index contributed by atoms with van der Waals surface area (Å²) in [7, 11) is 1.33. The van der Waals surface area contributed by atoms with Gasteiger partial charge in [-0.3, -0.25) is 0 Å². The van der Waals surface area contributed by atoms with Crippen LogP contribution < -0.4 is 5.32 Å². The van der Waals surface area contributed by atoms with E-state index in [1.54, 1.807) is 12.1 Å². The Kier molecular flexibility index (Phi) is 4.15. The molecule has 0 amide bonds. The Morgan fingerprint density at radius 2 is 2.44 bits per heavy atom. The van der Waals surface area contributed by atoms with Crippen LogP contribution in [0.1, 0.15) is 12.8 Å². The molecule has 1 saturated heterocycles. The van der Waals surface area contributed by atoms with Crippen molar-refractivity contribution in [3.63, 3.8) is 0 Å². The Balaban J connectivity index is 2.11. The third-order valence-corrected chi connectivity index (χ3v) is 2.94. The van der Waals surface area contributed by atoms with E-state index in [1.165, 1.54) is 19.2 Å². The van der Waals surface area contributed by atoms with E-state index < -0.39 is 12.0 Å². The minimum absolute atomic E-state index is 0.222. The number of halogens is 1. The summed E-state index contributed by atoms with van der Waals surface area (Å²) in [5.41, 5.74) is 0.542. The van der Waals surface area contributed by atoms with Gasteiger partial charge in [-0.25, -0.2) is 9.18 Å². The Labute approximate surface area is 105 Å². The standard InChI is InChI=1S/C13H16FNO3/c1-17-13(16)12(11-6-3-7-18-11)15-10-5-2-4-9(14)8-10/h2,4-5,8,11-12,15H,3,6-7H2,1H3. The maximum absolute atomic E-state index is 13.1. The van der Waals surface area contributed by atoms with E-state index in [0.29, 0.717) is 12.3 Å². The van der Waals surface area contributed by atoms with E-state index in [0.717, 1.165) is 12.8 Å². The molecule has 2 atom stereocenters. The fraction of sp³-hybridized carbons (Fsp3) is 0.462. The highest BCUT2D eigenvalue weighted by molar-refractivity contribution is 5.80. The predicted octanol–water partition coefficient (Wildman–Crippen LogP) is 1.96.